The quantitative estimate of drug-likeness (QED) is 0.543. The fourth-order valence-electron chi connectivity index (χ4n) is 4.48. The summed E-state index contributed by atoms with van der Waals surface area (Å²) in [6.45, 7) is 5.09. The molecule has 2 aliphatic heterocycles. The van der Waals surface area contributed by atoms with Gasteiger partial charge < -0.3 is 19.9 Å². The Labute approximate surface area is 202 Å². The molecule has 0 aliphatic carbocycles. The Morgan fingerprint density at radius 2 is 1.71 bits per heavy atom. The van der Waals surface area contributed by atoms with Gasteiger partial charge in [-0.25, -0.2) is 4.98 Å². The van der Waals surface area contributed by atoms with Crippen LogP contribution < -0.4 is 15.0 Å². The first kappa shape index (κ1) is 22.2. The van der Waals surface area contributed by atoms with Crippen molar-refractivity contribution in [3.63, 3.8) is 0 Å². The number of ether oxygens (including phenoxy) is 1. The highest BCUT2D eigenvalue weighted by atomic mass is 32.1. The maximum absolute atomic E-state index is 12.6. The number of thiazole rings is 1. The third kappa shape index (κ3) is 4.17. The first-order valence-corrected chi connectivity index (χ1v) is 12.0. The number of hydrogen-bond donors (Lipinski definition) is 1. The molecule has 5 rings (SSSR count). The zero-order chi connectivity index (χ0) is 23.7. The second kappa shape index (κ2) is 8.95. The largest absolute Gasteiger partial charge is 0.457 e. The zero-order valence-electron chi connectivity index (χ0n) is 19.2. The minimum Gasteiger partial charge on any atom is -0.457 e. The summed E-state index contributed by atoms with van der Waals surface area (Å²) < 4.78 is 5.88. The third-order valence-electron chi connectivity index (χ3n) is 6.15. The van der Waals surface area contributed by atoms with E-state index in [4.69, 9.17) is 9.72 Å². The number of carbonyl (C=O) groups excluding carboxylic acids is 2. The molecule has 2 aromatic carbocycles. The number of benzene rings is 2. The van der Waals surface area contributed by atoms with Crippen LogP contribution in [-0.2, 0) is 4.79 Å². The number of para-hydroxylation sites is 1. The number of allylic oxidation sites excluding steroid dienone is 1. The molecule has 0 unspecified atom stereocenters. The van der Waals surface area contributed by atoms with Crippen LogP contribution in [0.15, 0.2) is 66.7 Å². The number of aromatic nitrogens is 1. The van der Waals surface area contributed by atoms with Crippen LogP contribution in [0.25, 0.3) is 11.3 Å². The molecule has 0 radical (unpaired) electrons. The molecular weight excluding hydrogens is 448 g/mol. The molecule has 2 saturated heterocycles. The molecule has 3 aromatic rings. The lowest BCUT2D eigenvalue weighted by Gasteiger charge is -2.60. The van der Waals surface area contributed by atoms with Gasteiger partial charge in [-0.1, -0.05) is 35.6 Å². The van der Waals surface area contributed by atoms with Gasteiger partial charge >= 0.3 is 0 Å². The van der Waals surface area contributed by atoms with E-state index in [1.165, 1.54) is 11.3 Å². The molecule has 1 N–H and O–H groups in total. The Hall–Kier alpha value is -3.65. The number of hydrogen-bond acceptors (Lipinski definition) is 6. The van der Waals surface area contributed by atoms with Gasteiger partial charge in [-0.15, -0.1) is 0 Å². The molecule has 2 fully saturated rings. The first-order chi connectivity index (χ1) is 16.5. The maximum Gasteiger partial charge on any atom is 0.263 e. The van der Waals surface area contributed by atoms with E-state index in [9.17, 15) is 9.59 Å². The summed E-state index contributed by atoms with van der Waals surface area (Å²) in [5, 5.41) is 3.57. The summed E-state index contributed by atoms with van der Waals surface area (Å²) in [4.78, 5) is 34.1. The number of amides is 2. The van der Waals surface area contributed by atoms with Crippen molar-refractivity contribution in [2.75, 3.05) is 38.1 Å². The molecule has 1 aromatic heterocycles. The molecule has 0 atom stereocenters. The summed E-state index contributed by atoms with van der Waals surface area (Å²) >= 11 is 1.41. The summed E-state index contributed by atoms with van der Waals surface area (Å²) in [6.07, 6.45) is 3.39. The first-order valence-electron chi connectivity index (χ1n) is 11.2. The molecule has 8 heteroatoms. The van der Waals surface area contributed by atoms with Crippen LogP contribution >= 0.6 is 11.3 Å². The van der Waals surface area contributed by atoms with Gasteiger partial charge in [0.2, 0.25) is 5.91 Å². The smallest absolute Gasteiger partial charge is 0.263 e. The topological polar surface area (TPSA) is 74.8 Å². The van der Waals surface area contributed by atoms with Crippen molar-refractivity contribution >= 4 is 28.3 Å². The standard InChI is InChI=1S/C26H26N4O3S/c1-3-7-21(31)29-14-26(15-29)16-30(17-26)25-28-22(23(34-25)24(32)27-2)18-10-12-20(13-11-18)33-19-8-5-4-6-9-19/h3-13H,14-17H2,1-2H3,(H,27,32)/b7-3+. The highest BCUT2D eigenvalue weighted by Gasteiger charge is 2.53. The predicted molar refractivity (Wildman–Crippen MR) is 133 cm³/mol. The lowest BCUT2D eigenvalue weighted by molar-refractivity contribution is -0.139. The van der Waals surface area contributed by atoms with Crippen molar-refractivity contribution in [1.29, 1.82) is 0 Å². The van der Waals surface area contributed by atoms with Gasteiger partial charge in [0.25, 0.3) is 5.91 Å². The van der Waals surface area contributed by atoms with Gasteiger partial charge in [-0.2, -0.15) is 0 Å². The average Bonchev–Trinajstić information content (AvgIpc) is 3.23. The molecule has 174 valence electrons. The Morgan fingerprint density at radius 1 is 1.03 bits per heavy atom. The summed E-state index contributed by atoms with van der Waals surface area (Å²) in [6, 6.07) is 17.2. The van der Waals surface area contributed by atoms with Crippen LogP contribution in [-0.4, -0.2) is 54.9 Å². The Balaban J connectivity index is 1.31. The van der Waals surface area contributed by atoms with Crippen LogP contribution in [0.3, 0.4) is 0 Å². The van der Waals surface area contributed by atoms with Gasteiger partial charge in [0.1, 0.15) is 16.4 Å². The number of nitrogens with one attached hydrogen (secondary N) is 1. The molecule has 2 aliphatic rings. The Bertz CT molecular complexity index is 1220. The lowest BCUT2D eigenvalue weighted by Crippen LogP contribution is -2.73. The van der Waals surface area contributed by atoms with E-state index in [1.807, 2.05) is 66.4 Å². The molecule has 1 spiro atoms. The number of carbonyl (C=O) groups is 2. The summed E-state index contributed by atoms with van der Waals surface area (Å²) in [5.74, 6) is 1.42. The SMILES string of the molecule is C/C=C/C(=O)N1CC2(C1)CN(c1nc(-c3ccc(Oc4ccccc4)cc3)c(C(=O)NC)s1)C2. The molecular formula is C26H26N4O3S. The molecule has 3 heterocycles. The number of rotatable bonds is 6. The monoisotopic (exact) mass is 474 g/mol. The molecule has 2 amide bonds. The van der Waals surface area contributed by atoms with Gasteiger partial charge in [0, 0.05) is 44.2 Å². The number of likely N-dealkylation sites (tertiary alicyclic amines) is 1. The van der Waals surface area contributed by atoms with E-state index < -0.39 is 0 Å². The molecule has 0 saturated carbocycles. The minimum absolute atomic E-state index is 0.0738. The Morgan fingerprint density at radius 3 is 2.35 bits per heavy atom. The number of nitrogens with zero attached hydrogens (tertiary/aromatic N) is 3. The number of anilines is 1. The summed E-state index contributed by atoms with van der Waals surface area (Å²) in [5.41, 5.74) is 1.68. The van der Waals surface area contributed by atoms with E-state index >= 15 is 0 Å². The lowest BCUT2D eigenvalue weighted by atomic mass is 9.73. The van der Waals surface area contributed by atoms with Crippen molar-refractivity contribution in [3.05, 3.63) is 71.6 Å². The van der Waals surface area contributed by atoms with Crippen molar-refractivity contribution in [1.82, 2.24) is 15.2 Å². The van der Waals surface area contributed by atoms with E-state index in [2.05, 4.69) is 10.2 Å². The summed E-state index contributed by atoms with van der Waals surface area (Å²) in [7, 11) is 1.63. The maximum atomic E-state index is 12.6. The van der Waals surface area contributed by atoms with E-state index in [0.29, 0.717) is 10.6 Å². The molecule has 34 heavy (non-hydrogen) atoms. The highest BCUT2D eigenvalue weighted by Crippen LogP contribution is 2.44. The van der Waals surface area contributed by atoms with Crippen LogP contribution in [0.5, 0.6) is 11.5 Å². The van der Waals surface area contributed by atoms with Crippen molar-refractivity contribution in [2.24, 2.45) is 5.41 Å². The molecule has 0 bridgehead atoms. The normalized spacial score (nSPS) is 16.3. The van der Waals surface area contributed by atoms with E-state index in [-0.39, 0.29) is 17.2 Å². The van der Waals surface area contributed by atoms with Crippen molar-refractivity contribution < 1.29 is 14.3 Å². The van der Waals surface area contributed by atoms with Gasteiger partial charge in [0.15, 0.2) is 5.13 Å². The van der Waals surface area contributed by atoms with E-state index in [0.717, 1.165) is 48.4 Å². The second-order valence-electron chi connectivity index (χ2n) is 8.74. The van der Waals surface area contributed by atoms with Crippen molar-refractivity contribution in [3.8, 4) is 22.8 Å². The Kier molecular flexibility index (Phi) is 5.83. The van der Waals surface area contributed by atoms with Crippen LogP contribution in [0, 0.1) is 5.41 Å². The van der Waals surface area contributed by atoms with Gasteiger partial charge in [0.05, 0.1) is 5.69 Å². The predicted octanol–water partition coefficient (Wildman–Crippen LogP) is 4.19. The zero-order valence-corrected chi connectivity index (χ0v) is 20.0. The molecule has 7 nitrogen and oxygen atoms in total. The third-order valence-corrected chi connectivity index (χ3v) is 7.27. The van der Waals surface area contributed by atoms with Crippen LogP contribution in [0.4, 0.5) is 5.13 Å². The van der Waals surface area contributed by atoms with E-state index in [1.54, 1.807) is 19.2 Å². The van der Waals surface area contributed by atoms with Crippen LogP contribution in [0.1, 0.15) is 16.6 Å². The average molecular weight is 475 g/mol. The fourth-order valence-corrected chi connectivity index (χ4v) is 5.51. The highest BCUT2D eigenvalue weighted by molar-refractivity contribution is 7.18. The second-order valence-corrected chi connectivity index (χ2v) is 9.72. The van der Waals surface area contributed by atoms with Crippen molar-refractivity contribution in [2.45, 2.75) is 6.92 Å². The van der Waals surface area contributed by atoms with Gasteiger partial charge in [-0.05, 0) is 49.4 Å². The minimum atomic E-state index is -0.148. The van der Waals surface area contributed by atoms with Gasteiger partial charge in [-0.3, -0.25) is 9.59 Å². The van der Waals surface area contributed by atoms with Crippen LogP contribution in [0.2, 0.25) is 0 Å². The fraction of sp³-hybridized carbons (Fsp3) is 0.269.